The number of para-hydroxylation sites is 1. The number of aromatic nitrogens is 3. The molecule has 0 atom stereocenters. The summed E-state index contributed by atoms with van der Waals surface area (Å²) in [7, 11) is 0. The van der Waals surface area contributed by atoms with E-state index in [1.165, 1.54) is 54.1 Å². The van der Waals surface area contributed by atoms with Crippen LogP contribution in [0.1, 0.15) is 25.0 Å². The van der Waals surface area contributed by atoms with Crippen LogP contribution < -0.4 is 0 Å². The zero-order valence-electron chi connectivity index (χ0n) is 26.0. The van der Waals surface area contributed by atoms with Gasteiger partial charge in [-0.2, -0.15) is 0 Å². The molecule has 3 aromatic heterocycles. The third kappa shape index (κ3) is 3.73. The number of fused-ring (bicyclic) bond motifs is 10. The lowest BCUT2D eigenvalue weighted by Gasteiger charge is -2.23. The van der Waals surface area contributed by atoms with Crippen LogP contribution in [0, 0.1) is 0 Å². The summed E-state index contributed by atoms with van der Waals surface area (Å²) >= 11 is 1.73. The summed E-state index contributed by atoms with van der Waals surface area (Å²) in [5.74, 6) is 0.753. The monoisotopic (exact) mass is 619 g/mol. The topological polar surface area (TPSA) is 30.7 Å². The van der Waals surface area contributed by atoms with E-state index in [9.17, 15) is 0 Å². The number of rotatable bonds is 3. The van der Waals surface area contributed by atoms with Crippen LogP contribution in [0.25, 0.3) is 81.6 Å². The number of nitrogens with zero attached hydrogens (tertiary/aromatic N) is 3. The highest BCUT2D eigenvalue weighted by atomic mass is 32.1. The van der Waals surface area contributed by atoms with Crippen molar-refractivity contribution in [3.63, 3.8) is 0 Å². The predicted molar refractivity (Wildman–Crippen MR) is 198 cm³/mol. The Hall–Kier alpha value is -5.58. The summed E-state index contributed by atoms with van der Waals surface area (Å²) in [4.78, 5) is 11.3. The average molecular weight is 620 g/mol. The minimum Gasteiger partial charge on any atom is -0.309 e. The van der Waals surface area contributed by atoms with Gasteiger partial charge in [0.05, 0.1) is 16.7 Å². The Balaban J connectivity index is 1.22. The van der Waals surface area contributed by atoms with Crippen LogP contribution in [-0.2, 0) is 5.41 Å². The molecule has 10 rings (SSSR count). The molecule has 9 aromatic rings. The molecular formula is C43H29N3S. The van der Waals surface area contributed by atoms with Crippen LogP contribution in [0.5, 0.6) is 0 Å². The van der Waals surface area contributed by atoms with Gasteiger partial charge >= 0.3 is 0 Å². The van der Waals surface area contributed by atoms with Crippen molar-refractivity contribution in [3.05, 3.63) is 151 Å². The van der Waals surface area contributed by atoms with Crippen molar-refractivity contribution >= 4 is 53.4 Å². The Morgan fingerprint density at radius 2 is 1.30 bits per heavy atom. The highest BCUT2D eigenvalue weighted by Gasteiger charge is 2.38. The first-order valence-corrected chi connectivity index (χ1v) is 16.9. The largest absolute Gasteiger partial charge is 0.309 e. The van der Waals surface area contributed by atoms with Crippen molar-refractivity contribution in [2.45, 2.75) is 19.3 Å². The van der Waals surface area contributed by atoms with Crippen molar-refractivity contribution in [2.75, 3.05) is 0 Å². The molecule has 0 saturated carbocycles. The Bertz CT molecular complexity index is 2700. The molecule has 222 valence electrons. The Labute approximate surface area is 276 Å². The number of hydrogen-bond donors (Lipinski definition) is 0. The summed E-state index contributed by atoms with van der Waals surface area (Å²) in [5.41, 5.74) is 12.1. The van der Waals surface area contributed by atoms with Crippen molar-refractivity contribution in [1.29, 1.82) is 0 Å². The first-order chi connectivity index (χ1) is 23.1. The van der Waals surface area contributed by atoms with Gasteiger partial charge in [-0.15, -0.1) is 11.3 Å². The predicted octanol–water partition coefficient (Wildman–Crippen LogP) is 11.6. The van der Waals surface area contributed by atoms with E-state index in [-0.39, 0.29) is 5.41 Å². The summed E-state index contributed by atoms with van der Waals surface area (Å²) in [5, 5.41) is 4.88. The molecule has 4 heteroatoms. The highest BCUT2D eigenvalue weighted by Crippen LogP contribution is 2.53. The fourth-order valence-electron chi connectivity index (χ4n) is 7.90. The minimum atomic E-state index is -0.127. The van der Waals surface area contributed by atoms with Gasteiger partial charge in [0, 0.05) is 48.5 Å². The Morgan fingerprint density at radius 1 is 0.574 bits per heavy atom. The minimum absolute atomic E-state index is 0.127. The van der Waals surface area contributed by atoms with E-state index in [4.69, 9.17) is 9.97 Å². The maximum absolute atomic E-state index is 5.23. The second-order valence-corrected chi connectivity index (χ2v) is 14.0. The maximum atomic E-state index is 5.23. The zero-order valence-corrected chi connectivity index (χ0v) is 26.8. The molecule has 47 heavy (non-hydrogen) atoms. The third-order valence-electron chi connectivity index (χ3n) is 10.0. The molecule has 0 saturated heterocycles. The average Bonchev–Trinajstić information content (AvgIpc) is 3.74. The molecule has 0 N–H and O–H groups in total. The Kier molecular flexibility index (Phi) is 5.50. The normalized spacial score (nSPS) is 13.5. The van der Waals surface area contributed by atoms with Gasteiger partial charge < -0.3 is 4.57 Å². The summed E-state index contributed by atoms with van der Waals surface area (Å²) in [6, 6.07) is 50.2. The van der Waals surface area contributed by atoms with Gasteiger partial charge in [0.25, 0.3) is 0 Å². The fraction of sp³-hybridized carbons (Fsp3) is 0.0698. The SMILES string of the molecule is CC1(C)c2ccccc2-c2ccc3c4ccccc4n(-c4ccc(-c5nc(-c6ccccc6)nc6sc7ccccc7c56)cc4)c3c21. The van der Waals surface area contributed by atoms with Crippen LogP contribution in [0.2, 0.25) is 0 Å². The van der Waals surface area contributed by atoms with E-state index in [1.807, 2.05) is 18.2 Å². The highest BCUT2D eigenvalue weighted by molar-refractivity contribution is 7.25. The van der Waals surface area contributed by atoms with Crippen molar-refractivity contribution in [2.24, 2.45) is 0 Å². The molecule has 0 bridgehead atoms. The van der Waals surface area contributed by atoms with Gasteiger partial charge in [0.1, 0.15) is 4.83 Å². The molecule has 0 spiro atoms. The van der Waals surface area contributed by atoms with E-state index in [1.54, 1.807) is 11.3 Å². The lowest BCUT2D eigenvalue weighted by Crippen LogP contribution is -2.16. The maximum Gasteiger partial charge on any atom is 0.161 e. The van der Waals surface area contributed by atoms with E-state index in [0.29, 0.717) is 0 Å². The van der Waals surface area contributed by atoms with Gasteiger partial charge in [0.15, 0.2) is 5.82 Å². The van der Waals surface area contributed by atoms with E-state index < -0.39 is 0 Å². The molecule has 1 aliphatic rings. The standard InChI is InChI=1S/C43H29N3S/c1-43(2)34-17-9-6-14-29(34)31-24-25-32-30-15-7-10-18-35(30)46(40(32)38(31)43)28-22-20-26(21-23-28)39-37-33-16-8-11-19-36(33)47-42(37)45-41(44-39)27-12-4-3-5-13-27/h3-25H,1-2H3. The molecule has 0 aliphatic heterocycles. The molecule has 0 amide bonds. The molecule has 0 radical (unpaired) electrons. The van der Waals surface area contributed by atoms with Gasteiger partial charge in [-0.1, -0.05) is 129 Å². The molecule has 3 heterocycles. The fourth-order valence-corrected chi connectivity index (χ4v) is 8.97. The van der Waals surface area contributed by atoms with Gasteiger partial charge in [-0.05, 0) is 46.5 Å². The van der Waals surface area contributed by atoms with Crippen LogP contribution >= 0.6 is 11.3 Å². The van der Waals surface area contributed by atoms with Crippen molar-refractivity contribution in [3.8, 4) is 39.5 Å². The van der Waals surface area contributed by atoms with Gasteiger partial charge in [-0.25, -0.2) is 9.97 Å². The smallest absolute Gasteiger partial charge is 0.161 e. The Morgan fingerprint density at radius 3 is 2.15 bits per heavy atom. The van der Waals surface area contributed by atoms with Crippen LogP contribution in [0.4, 0.5) is 0 Å². The first kappa shape index (κ1) is 26.6. The van der Waals surface area contributed by atoms with E-state index >= 15 is 0 Å². The van der Waals surface area contributed by atoms with E-state index in [2.05, 4.69) is 140 Å². The molecule has 0 unspecified atom stereocenters. The number of thiophene rings is 1. The first-order valence-electron chi connectivity index (χ1n) is 16.1. The lowest BCUT2D eigenvalue weighted by molar-refractivity contribution is 0.664. The quantitative estimate of drug-likeness (QED) is 0.197. The summed E-state index contributed by atoms with van der Waals surface area (Å²) < 4.78 is 3.70. The van der Waals surface area contributed by atoms with Crippen LogP contribution in [0.3, 0.4) is 0 Å². The van der Waals surface area contributed by atoms with Gasteiger partial charge in [-0.3, -0.25) is 0 Å². The van der Waals surface area contributed by atoms with Crippen LogP contribution in [0.15, 0.2) is 140 Å². The number of hydrogen-bond acceptors (Lipinski definition) is 3. The summed E-state index contributed by atoms with van der Waals surface area (Å²) in [6.07, 6.45) is 0. The second-order valence-electron chi connectivity index (χ2n) is 13.0. The molecule has 6 aromatic carbocycles. The molecular weight excluding hydrogens is 591 g/mol. The van der Waals surface area contributed by atoms with E-state index in [0.717, 1.165) is 38.5 Å². The van der Waals surface area contributed by atoms with Crippen LogP contribution in [-0.4, -0.2) is 14.5 Å². The number of benzene rings is 6. The zero-order chi connectivity index (χ0) is 31.3. The van der Waals surface area contributed by atoms with Gasteiger partial charge in [0.2, 0.25) is 0 Å². The second kappa shape index (κ2) is 9.71. The summed E-state index contributed by atoms with van der Waals surface area (Å²) in [6.45, 7) is 4.75. The van der Waals surface area contributed by atoms with Crippen molar-refractivity contribution in [1.82, 2.24) is 14.5 Å². The third-order valence-corrected chi connectivity index (χ3v) is 11.1. The molecule has 0 fully saturated rings. The lowest BCUT2D eigenvalue weighted by atomic mass is 9.81. The molecule has 1 aliphatic carbocycles. The molecule has 3 nitrogen and oxygen atoms in total. The van der Waals surface area contributed by atoms with Crippen molar-refractivity contribution < 1.29 is 0 Å².